The molecule has 0 bridgehead atoms. The van der Waals surface area contributed by atoms with E-state index in [2.05, 4.69) is 5.32 Å². The van der Waals surface area contributed by atoms with Gasteiger partial charge >= 0.3 is 5.69 Å². The number of nitro groups is 1. The Balaban J connectivity index is 1.94. The number of halogens is 1. The van der Waals surface area contributed by atoms with Crippen LogP contribution in [0.5, 0.6) is 0 Å². The number of hydrogen-bond acceptors (Lipinski definition) is 4. The van der Waals surface area contributed by atoms with E-state index in [4.69, 9.17) is 0 Å². The minimum Gasteiger partial charge on any atom is -0.326 e. The van der Waals surface area contributed by atoms with E-state index in [1.807, 2.05) is 19.1 Å². The van der Waals surface area contributed by atoms with Gasteiger partial charge in [0.25, 0.3) is 0 Å². The highest BCUT2D eigenvalue weighted by Crippen LogP contribution is 2.21. The van der Waals surface area contributed by atoms with Crippen LogP contribution in [0.2, 0.25) is 0 Å². The molecule has 0 unspecified atom stereocenters. The Morgan fingerprint density at radius 1 is 1.12 bits per heavy atom. The van der Waals surface area contributed by atoms with Crippen LogP contribution in [-0.2, 0) is 4.79 Å². The van der Waals surface area contributed by atoms with Crippen molar-refractivity contribution in [3.63, 3.8) is 0 Å². The summed E-state index contributed by atoms with van der Waals surface area (Å²) in [6, 6.07) is 10.1. The summed E-state index contributed by atoms with van der Waals surface area (Å²) >= 11 is 0. The molecule has 2 aromatic rings. The molecule has 2 aromatic carbocycles. The lowest BCUT2D eigenvalue weighted by atomic mass is 10.0. The van der Waals surface area contributed by atoms with Gasteiger partial charge < -0.3 is 5.32 Å². The molecule has 0 saturated heterocycles. The topological polar surface area (TPSA) is 89.3 Å². The van der Waals surface area contributed by atoms with Crippen LogP contribution in [0.4, 0.5) is 15.8 Å². The van der Waals surface area contributed by atoms with Crippen LogP contribution in [0.15, 0.2) is 42.5 Å². The van der Waals surface area contributed by atoms with E-state index in [1.165, 1.54) is 6.07 Å². The molecule has 24 heavy (non-hydrogen) atoms. The van der Waals surface area contributed by atoms with Crippen molar-refractivity contribution in [1.82, 2.24) is 0 Å². The van der Waals surface area contributed by atoms with Crippen molar-refractivity contribution < 1.29 is 18.9 Å². The maximum Gasteiger partial charge on any atom is 0.306 e. The third-order valence-corrected chi connectivity index (χ3v) is 3.38. The fourth-order valence-corrected chi connectivity index (χ4v) is 2.06. The van der Waals surface area contributed by atoms with Gasteiger partial charge in [0.2, 0.25) is 11.7 Å². The van der Waals surface area contributed by atoms with Crippen molar-refractivity contribution in [2.75, 3.05) is 5.32 Å². The molecule has 2 rings (SSSR count). The normalized spacial score (nSPS) is 10.2. The van der Waals surface area contributed by atoms with E-state index in [1.54, 1.807) is 12.1 Å². The number of anilines is 1. The molecule has 0 atom stereocenters. The quantitative estimate of drug-likeness (QED) is 0.497. The summed E-state index contributed by atoms with van der Waals surface area (Å²) in [7, 11) is 0. The Labute approximate surface area is 137 Å². The number of carbonyl (C=O) groups is 2. The zero-order valence-electron chi connectivity index (χ0n) is 12.9. The summed E-state index contributed by atoms with van der Waals surface area (Å²) in [5.74, 6) is -1.63. The first-order valence-electron chi connectivity index (χ1n) is 7.20. The number of Topliss-reactive ketones (excluding diaryl/α,β-unsaturated/α-hetero) is 1. The molecule has 0 aromatic heterocycles. The smallest absolute Gasteiger partial charge is 0.306 e. The number of hydrogen-bond donors (Lipinski definition) is 1. The van der Waals surface area contributed by atoms with Crippen molar-refractivity contribution in [3.05, 3.63) is 69.5 Å². The molecule has 0 spiro atoms. The highest BCUT2D eigenvalue weighted by Gasteiger charge is 2.16. The molecular weight excluding hydrogens is 315 g/mol. The van der Waals surface area contributed by atoms with E-state index in [0.29, 0.717) is 5.56 Å². The van der Waals surface area contributed by atoms with Crippen molar-refractivity contribution in [3.8, 4) is 0 Å². The van der Waals surface area contributed by atoms with Gasteiger partial charge in [-0.3, -0.25) is 19.7 Å². The molecule has 6 nitrogen and oxygen atoms in total. The van der Waals surface area contributed by atoms with Gasteiger partial charge in [-0.25, -0.2) is 0 Å². The van der Waals surface area contributed by atoms with Crippen LogP contribution < -0.4 is 5.32 Å². The second kappa shape index (κ2) is 7.45. The first kappa shape index (κ1) is 17.3. The highest BCUT2D eigenvalue weighted by molar-refractivity contribution is 6.00. The van der Waals surface area contributed by atoms with Crippen molar-refractivity contribution in [2.45, 2.75) is 19.8 Å². The molecule has 1 amide bonds. The number of aryl methyl sites for hydroxylation is 1. The van der Waals surface area contributed by atoms with E-state index in [0.717, 1.165) is 17.7 Å². The van der Waals surface area contributed by atoms with Gasteiger partial charge in [-0.15, -0.1) is 0 Å². The van der Waals surface area contributed by atoms with Gasteiger partial charge in [0, 0.05) is 30.2 Å². The van der Waals surface area contributed by atoms with Gasteiger partial charge in [-0.1, -0.05) is 29.8 Å². The molecule has 124 valence electrons. The summed E-state index contributed by atoms with van der Waals surface area (Å²) < 4.78 is 13.2. The number of nitrogens with one attached hydrogen (secondary N) is 1. The van der Waals surface area contributed by atoms with Crippen LogP contribution in [-0.4, -0.2) is 16.6 Å². The van der Waals surface area contributed by atoms with Crippen molar-refractivity contribution >= 4 is 23.1 Å². The minimum atomic E-state index is -0.979. The van der Waals surface area contributed by atoms with Gasteiger partial charge in [-0.2, -0.15) is 4.39 Å². The Morgan fingerprint density at radius 3 is 2.42 bits per heavy atom. The maximum absolute atomic E-state index is 13.2. The lowest BCUT2D eigenvalue weighted by molar-refractivity contribution is -0.387. The number of nitrogens with zero attached hydrogens (tertiary/aromatic N) is 1. The standard InChI is InChI=1S/C17H15FN2O4/c1-11-2-4-12(5-3-11)16(21)8-9-17(22)19-13-6-7-14(18)15(10-13)20(23)24/h2-7,10H,8-9H2,1H3,(H,19,22). The van der Waals surface area contributed by atoms with Gasteiger partial charge in [0.05, 0.1) is 4.92 Å². The highest BCUT2D eigenvalue weighted by atomic mass is 19.1. The zero-order valence-corrected chi connectivity index (χ0v) is 12.9. The van der Waals surface area contributed by atoms with E-state index >= 15 is 0 Å². The van der Waals surface area contributed by atoms with Gasteiger partial charge in [0.1, 0.15) is 0 Å². The third-order valence-electron chi connectivity index (χ3n) is 3.38. The van der Waals surface area contributed by atoms with Crippen LogP contribution >= 0.6 is 0 Å². The summed E-state index contributed by atoms with van der Waals surface area (Å²) in [5, 5.41) is 13.1. The molecule has 1 N–H and O–H groups in total. The number of ketones is 1. The van der Waals surface area contributed by atoms with Crippen LogP contribution in [0.25, 0.3) is 0 Å². The average molecular weight is 330 g/mol. The van der Waals surface area contributed by atoms with Crippen molar-refractivity contribution in [2.24, 2.45) is 0 Å². The lowest BCUT2D eigenvalue weighted by Gasteiger charge is -2.05. The largest absolute Gasteiger partial charge is 0.326 e. The predicted octanol–water partition coefficient (Wildman–Crippen LogP) is 3.64. The molecule has 0 aliphatic heterocycles. The van der Waals surface area contributed by atoms with Crippen molar-refractivity contribution in [1.29, 1.82) is 0 Å². The monoisotopic (exact) mass is 330 g/mol. The molecule has 7 heteroatoms. The second-order valence-corrected chi connectivity index (χ2v) is 5.26. The molecule has 0 aliphatic rings. The van der Waals surface area contributed by atoms with Crippen LogP contribution in [0, 0.1) is 22.9 Å². The van der Waals surface area contributed by atoms with Gasteiger partial charge in [0.15, 0.2) is 5.78 Å². The molecular formula is C17H15FN2O4. The van der Waals surface area contributed by atoms with Gasteiger partial charge in [-0.05, 0) is 19.1 Å². The Bertz CT molecular complexity index is 788. The summed E-state index contributed by atoms with van der Waals surface area (Å²) in [4.78, 5) is 33.6. The Morgan fingerprint density at radius 2 is 1.79 bits per heavy atom. The summed E-state index contributed by atoms with van der Waals surface area (Å²) in [5.41, 5.74) is 0.937. The minimum absolute atomic E-state index is 0.0121. The van der Waals surface area contributed by atoms with Crippen LogP contribution in [0.1, 0.15) is 28.8 Å². The molecule has 0 saturated carbocycles. The van der Waals surface area contributed by atoms with E-state index < -0.39 is 22.3 Å². The number of nitro benzene ring substituents is 1. The fraction of sp³-hybridized carbons (Fsp3) is 0.176. The summed E-state index contributed by atoms with van der Waals surface area (Å²) in [6.07, 6.45) is -0.0595. The SMILES string of the molecule is Cc1ccc(C(=O)CCC(=O)Nc2ccc(F)c([N+](=O)[O-])c2)cc1. The van der Waals surface area contributed by atoms with Crippen LogP contribution in [0.3, 0.4) is 0 Å². The summed E-state index contributed by atoms with van der Waals surface area (Å²) in [6.45, 7) is 1.91. The molecule has 0 radical (unpaired) electrons. The number of amides is 1. The molecule has 0 heterocycles. The predicted molar refractivity (Wildman–Crippen MR) is 86.4 cm³/mol. The molecule has 0 aliphatic carbocycles. The Hall–Kier alpha value is -3.09. The third kappa shape index (κ3) is 4.45. The average Bonchev–Trinajstić information content (AvgIpc) is 2.55. The maximum atomic E-state index is 13.2. The first-order valence-corrected chi connectivity index (χ1v) is 7.20. The number of carbonyl (C=O) groups excluding carboxylic acids is 2. The van der Waals surface area contributed by atoms with E-state index in [9.17, 15) is 24.1 Å². The lowest BCUT2D eigenvalue weighted by Crippen LogP contribution is -2.13. The molecule has 0 fully saturated rings. The first-order chi connectivity index (χ1) is 11.4. The van der Waals surface area contributed by atoms with E-state index in [-0.39, 0.29) is 24.3 Å². The zero-order chi connectivity index (χ0) is 17.7. The second-order valence-electron chi connectivity index (χ2n) is 5.26. The fourth-order valence-electron chi connectivity index (χ4n) is 2.06. The number of rotatable bonds is 6. The number of benzene rings is 2. The Kier molecular flexibility index (Phi) is 5.36.